The van der Waals surface area contributed by atoms with E-state index in [4.69, 9.17) is 23.2 Å². The molecule has 0 saturated heterocycles. The number of carbonyl (C=O) groups is 2. The molecule has 1 heterocycles. The zero-order valence-corrected chi connectivity index (χ0v) is 11.7. The van der Waals surface area contributed by atoms with Crippen molar-refractivity contribution in [1.29, 1.82) is 0 Å². The molecule has 1 rings (SSSR count). The van der Waals surface area contributed by atoms with Crippen LogP contribution < -0.4 is 10.9 Å². The fraction of sp³-hybridized carbons (Fsp3) is 0.333. The van der Waals surface area contributed by atoms with Gasteiger partial charge >= 0.3 is 12.1 Å². The SMILES string of the molecule is COC(=O)c1cnc(NNC(=O)C(Cl)Cl)nc1C(F)(F)F. The molecule has 2 N–H and O–H groups in total. The molecule has 0 unspecified atom stereocenters. The number of ether oxygens (including phenoxy) is 1. The van der Waals surface area contributed by atoms with Crippen molar-refractivity contribution >= 4 is 41.0 Å². The van der Waals surface area contributed by atoms with Crippen LogP contribution in [0.2, 0.25) is 0 Å². The van der Waals surface area contributed by atoms with Crippen molar-refractivity contribution in [3.05, 3.63) is 17.5 Å². The third-order valence-corrected chi connectivity index (χ3v) is 2.35. The van der Waals surface area contributed by atoms with Gasteiger partial charge in [0.25, 0.3) is 5.91 Å². The van der Waals surface area contributed by atoms with E-state index in [2.05, 4.69) is 14.7 Å². The van der Waals surface area contributed by atoms with Gasteiger partial charge in [-0.05, 0) is 0 Å². The summed E-state index contributed by atoms with van der Waals surface area (Å²) in [7, 11) is 0.913. The standard InChI is InChI=1S/C9H7Cl2F3N4O3/c1-21-7(20)3-2-15-8(16-4(3)9(12,13)14)18-17-6(19)5(10)11/h2,5H,1H3,(H,17,19)(H,15,16,18). The van der Waals surface area contributed by atoms with Gasteiger partial charge in [-0.25, -0.2) is 14.8 Å². The minimum absolute atomic E-state index is 0.606. The summed E-state index contributed by atoms with van der Waals surface area (Å²) in [5.74, 6) is -2.79. The van der Waals surface area contributed by atoms with Gasteiger partial charge in [0, 0.05) is 6.20 Å². The molecular formula is C9H7Cl2F3N4O3. The molecule has 0 aliphatic rings. The van der Waals surface area contributed by atoms with Crippen LogP contribution in [0, 0.1) is 0 Å². The number of anilines is 1. The van der Waals surface area contributed by atoms with E-state index in [-0.39, 0.29) is 0 Å². The first-order valence-corrected chi connectivity index (χ1v) is 5.90. The first kappa shape index (κ1) is 17.2. The molecule has 0 saturated carbocycles. The molecule has 0 bridgehead atoms. The first-order valence-electron chi connectivity index (χ1n) is 5.03. The maximum absolute atomic E-state index is 12.8. The summed E-state index contributed by atoms with van der Waals surface area (Å²) in [6.07, 6.45) is -4.32. The third-order valence-electron chi connectivity index (χ3n) is 1.96. The maximum Gasteiger partial charge on any atom is 0.434 e. The number of methoxy groups -OCH3 is 1. The Kier molecular flexibility index (Phi) is 5.55. The van der Waals surface area contributed by atoms with Crippen molar-refractivity contribution < 1.29 is 27.5 Å². The second-order valence-electron chi connectivity index (χ2n) is 3.36. The van der Waals surface area contributed by atoms with Gasteiger partial charge in [0.05, 0.1) is 7.11 Å². The Hall–Kier alpha value is -1.81. The lowest BCUT2D eigenvalue weighted by atomic mass is 10.2. The number of aromatic nitrogens is 2. The van der Waals surface area contributed by atoms with E-state index in [0.29, 0.717) is 6.20 Å². The fourth-order valence-corrected chi connectivity index (χ4v) is 1.20. The number of nitrogens with one attached hydrogen (secondary N) is 2. The van der Waals surface area contributed by atoms with Gasteiger partial charge in [-0.15, -0.1) is 0 Å². The molecule has 0 radical (unpaired) electrons. The normalized spacial score (nSPS) is 11.2. The van der Waals surface area contributed by atoms with Gasteiger partial charge in [-0.3, -0.25) is 15.6 Å². The highest BCUT2D eigenvalue weighted by Crippen LogP contribution is 2.30. The molecule has 0 aromatic carbocycles. The molecule has 12 heteroatoms. The summed E-state index contributed by atoms with van der Waals surface area (Å²) < 4.78 is 42.6. The number of hydrazine groups is 1. The summed E-state index contributed by atoms with van der Waals surface area (Å²) in [6.45, 7) is 0. The predicted molar refractivity (Wildman–Crippen MR) is 65.6 cm³/mol. The molecule has 116 valence electrons. The lowest BCUT2D eigenvalue weighted by Crippen LogP contribution is -2.34. The van der Waals surface area contributed by atoms with Crippen LogP contribution in [0.4, 0.5) is 19.1 Å². The zero-order valence-electron chi connectivity index (χ0n) is 10.2. The molecule has 7 nitrogen and oxygen atoms in total. The van der Waals surface area contributed by atoms with Crippen LogP contribution in [0.25, 0.3) is 0 Å². The second-order valence-corrected chi connectivity index (χ2v) is 4.46. The van der Waals surface area contributed by atoms with Crippen LogP contribution in [0.5, 0.6) is 0 Å². The average molecular weight is 347 g/mol. The molecule has 0 aliphatic carbocycles. The monoisotopic (exact) mass is 346 g/mol. The van der Waals surface area contributed by atoms with Crippen LogP contribution in [0.1, 0.15) is 16.1 Å². The van der Waals surface area contributed by atoms with E-state index < -0.39 is 40.1 Å². The summed E-state index contributed by atoms with van der Waals surface area (Å²) in [5, 5.41) is 0. The van der Waals surface area contributed by atoms with Gasteiger partial charge in [-0.2, -0.15) is 13.2 Å². The van der Waals surface area contributed by atoms with Crippen LogP contribution in [0.3, 0.4) is 0 Å². The van der Waals surface area contributed by atoms with Crippen LogP contribution >= 0.6 is 23.2 Å². The molecule has 0 atom stereocenters. The van der Waals surface area contributed by atoms with Gasteiger partial charge < -0.3 is 4.74 Å². The first-order chi connectivity index (χ1) is 9.66. The van der Waals surface area contributed by atoms with Crippen molar-refractivity contribution in [3.63, 3.8) is 0 Å². The van der Waals surface area contributed by atoms with Crippen molar-refractivity contribution in [1.82, 2.24) is 15.4 Å². The van der Waals surface area contributed by atoms with E-state index >= 15 is 0 Å². The molecule has 1 amide bonds. The topological polar surface area (TPSA) is 93.2 Å². The smallest absolute Gasteiger partial charge is 0.434 e. The fourth-order valence-electron chi connectivity index (χ4n) is 1.09. The number of hydrogen-bond donors (Lipinski definition) is 2. The Balaban J connectivity index is 3.05. The average Bonchev–Trinajstić information content (AvgIpc) is 2.42. The molecule has 1 aromatic rings. The van der Waals surface area contributed by atoms with E-state index in [1.165, 1.54) is 0 Å². The van der Waals surface area contributed by atoms with Crippen molar-refractivity contribution in [2.45, 2.75) is 11.0 Å². The van der Waals surface area contributed by atoms with Crippen molar-refractivity contribution in [2.24, 2.45) is 0 Å². The van der Waals surface area contributed by atoms with Crippen LogP contribution in [-0.2, 0) is 15.7 Å². The minimum atomic E-state index is -4.92. The second kappa shape index (κ2) is 6.76. The number of alkyl halides is 5. The molecule has 0 fully saturated rings. The summed E-state index contributed by atoms with van der Waals surface area (Å²) in [5.41, 5.74) is 1.47. The number of rotatable bonds is 4. The van der Waals surface area contributed by atoms with Gasteiger partial charge in [-0.1, -0.05) is 23.2 Å². The number of hydrogen-bond acceptors (Lipinski definition) is 6. The van der Waals surface area contributed by atoms with Gasteiger partial charge in [0.2, 0.25) is 5.95 Å². The number of carbonyl (C=O) groups excluding carboxylic acids is 2. The van der Waals surface area contributed by atoms with E-state index in [0.717, 1.165) is 7.11 Å². The Morgan fingerprint density at radius 1 is 1.38 bits per heavy atom. The predicted octanol–water partition coefficient (Wildman–Crippen LogP) is 1.53. The van der Waals surface area contributed by atoms with Crippen LogP contribution in [-0.4, -0.2) is 33.8 Å². The highest BCUT2D eigenvalue weighted by atomic mass is 35.5. The Morgan fingerprint density at radius 3 is 2.48 bits per heavy atom. The molecular weight excluding hydrogens is 340 g/mol. The van der Waals surface area contributed by atoms with Gasteiger partial charge in [0.15, 0.2) is 10.5 Å². The quantitative estimate of drug-likeness (QED) is 0.488. The highest BCUT2D eigenvalue weighted by molar-refractivity contribution is 6.53. The molecule has 1 aromatic heterocycles. The largest absolute Gasteiger partial charge is 0.465 e. The van der Waals surface area contributed by atoms with Crippen molar-refractivity contribution in [2.75, 3.05) is 12.5 Å². The lowest BCUT2D eigenvalue weighted by Gasteiger charge is -2.12. The third kappa shape index (κ3) is 4.60. The number of amides is 1. The number of esters is 1. The highest BCUT2D eigenvalue weighted by Gasteiger charge is 2.38. The molecule has 21 heavy (non-hydrogen) atoms. The Morgan fingerprint density at radius 2 is 2.00 bits per heavy atom. The van der Waals surface area contributed by atoms with E-state index in [1.54, 1.807) is 0 Å². The van der Waals surface area contributed by atoms with Crippen molar-refractivity contribution in [3.8, 4) is 0 Å². The lowest BCUT2D eigenvalue weighted by molar-refractivity contribution is -0.141. The Labute approximate surface area is 125 Å². The minimum Gasteiger partial charge on any atom is -0.465 e. The van der Waals surface area contributed by atoms with Crippen LogP contribution in [0.15, 0.2) is 6.20 Å². The van der Waals surface area contributed by atoms with Gasteiger partial charge in [0.1, 0.15) is 5.56 Å². The summed E-state index contributed by atoms with van der Waals surface area (Å²) >= 11 is 10.4. The number of nitrogens with zero attached hydrogens (tertiary/aromatic N) is 2. The molecule has 0 spiro atoms. The summed E-state index contributed by atoms with van der Waals surface area (Å²) in [6, 6.07) is 0. The molecule has 0 aliphatic heterocycles. The number of halogens is 5. The maximum atomic E-state index is 12.8. The van der Waals surface area contributed by atoms with E-state index in [9.17, 15) is 22.8 Å². The van der Waals surface area contributed by atoms with E-state index in [1.807, 2.05) is 10.9 Å². The Bertz CT molecular complexity index is 554. The summed E-state index contributed by atoms with van der Waals surface area (Å²) in [4.78, 5) is 27.3. The zero-order chi connectivity index (χ0) is 16.2.